The minimum absolute atomic E-state index is 0.163. The highest BCUT2D eigenvalue weighted by molar-refractivity contribution is 9.10. The molecule has 4 heteroatoms. The van der Waals surface area contributed by atoms with Crippen molar-refractivity contribution in [3.05, 3.63) is 56.6 Å². The normalized spacial score (nSPS) is 18.4. The summed E-state index contributed by atoms with van der Waals surface area (Å²) in [4.78, 5) is 15.5. The molecular formula is C16H16BrNOS. The largest absolute Gasteiger partial charge is 0.303 e. The molecule has 0 unspecified atom stereocenters. The SMILES string of the molecule is CSC1=C2CCCC=C2N(Cc2ccccc2Br)C1=O. The molecule has 0 spiro atoms. The number of halogens is 1. The molecule has 0 N–H and O–H groups in total. The fraction of sp³-hybridized carbons (Fsp3) is 0.312. The van der Waals surface area contributed by atoms with Gasteiger partial charge in [0.05, 0.1) is 11.4 Å². The highest BCUT2D eigenvalue weighted by Crippen LogP contribution is 2.41. The Balaban J connectivity index is 1.94. The molecule has 3 rings (SSSR count). The van der Waals surface area contributed by atoms with Gasteiger partial charge < -0.3 is 4.90 Å². The molecule has 1 aliphatic heterocycles. The summed E-state index contributed by atoms with van der Waals surface area (Å²) in [5.41, 5.74) is 3.54. The van der Waals surface area contributed by atoms with Crippen LogP contribution in [0.3, 0.4) is 0 Å². The maximum absolute atomic E-state index is 12.6. The Kier molecular flexibility index (Phi) is 4.03. The highest BCUT2D eigenvalue weighted by Gasteiger charge is 2.35. The predicted molar refractivity (Wildman–Crippen MR) is 87.2 cm³/mol. The molecule has 2 nitrogen and oxygen atoms in total. The molecule has 0 bridgehead atoms. The lowest BCUT2D eigenvalue weighted by molar-refractivity contribution is -0.124. The van der Waals surface area contributed by atoms with Crippen LogP contribution in [-0.4, -0.2) is 17.1 Å². The smallest absolute Gasteiger partial charge is 0.265 e. The van der Waals surface area contributed by atoms with Crippen LogP contribution in [-0.2, 0) is 11.3 Å². The lowest BCUT2D eigenvalue weighted by Gasteiger charge is -2.23. The van der Waals surface area contributed by atoms with Crippen molar-refractivity contribution in [3.63, 3.8) is 0 Å². The zero-order valence-electron chi connectivity index (χ0n) is 11.4. The van der Waals surface area contributed by atoms with Crippen LogP contribution < -0.4 is 0 Å². The van der Waals surface area contributed by atoms with E-state index in [2.05, 4.69) is 28.1 Å². The van der Waals surface area contributed by atoms with Gasteiger partial charge in [-0.05, 0) is 42.7 Å². The predicted octanol–water partition coefficient (Wildman–Crippen LogP) is 4.48. The summed E-state index contributed by atoms with van der Waals surface area (Å²) in [7, 11) is 0. The van der Waals surface area contributed by atoms with Gasteiger partial charge in [-0.3, -0.25) is 4.79 Å². The van der Waals surface area contributed by atoms with Crippen LogP contribution in [0.1, 0.15) is 24.8 Å². The van der Waals surface area contributed by atoms with E-state index in [9.17, 15) is 4.79 Å². The zero-order chi connectivity index (χ0) is 14.1. The average molecular weight is 350 g/mol. The molecule has 1 amide bonds. The van der Waals surface area contributed by atoms with Crippen molar-refractivity contribution in [1.82, 2.24) is 4.90 Å². The zero-order valence-corrected chi connectivity index (χ0v) is 13.8. The van der Waals surface area contributed by atoms with Gasteiger partial charge in [0.1, 0.15) is 0 Å². The number of hydrogen-bond acceptors (Lipinski definition) is 2. The minimum Gasteiger partial charge on any atom is -0.303 e. The molecule has 0 aromatic heterocycles. The molecule has 0 saturated heterocycles. The van der Waals surface area contributed by atoms with Gasteiger partial charge in [0.15, 0.2) is 0 Å². The van der Waals surface area contributed by atoms with E-state index in [0.29, 0.717) is 6.54 Å². The van der Waals surface area contributed by atoms with Gasteiger partial charge in [0.25, 0.3) is 5.91 Å². The summed E-state index contributed by atoms with van der Waals surface area (Å²) in [6.45, 7) is 0.639. The monoisotopic (exact) mass is 349 g/mol. The van der Waals surface area contributed by atoms with Crippen molar-refractivity contribution >= 4 is 33.6 Å². The molecular weight excluding hydrogens is 334 g/mol. The molecule has 20 heavy (non-hydrogen) atoms. The Morgan fingerprint density at radius 3 is 2.90 bits per heavy atom. The van der Waals surface area contributed by atoms with Crippen molar-refractivity contribution in [2.45, 2.75) is 25.8 Å². The maximum Gasteiger partial charge on any atom is 0.265 e. The van der Waals surface area contributed by atoms with E-state index in [-0.39, 0.29) is 5.91 Å². The van der Waals surface area contributed by atoms with E-state index in [0.717, 1.165) is 39.9 Å². The van der Waals surface area contributed by atoms with E-state index in [1.807, 2.05) is 29.4 Å². The third kappa shape index (κ3) is 2.35. The van der Waals surface area contributed by atoms with Crippen LogP contribution >= 0.6 is 27.7 Å². The van der Waals surface area contributed by atoms with Gasteiger partial charge >= 0.3 is 0 Å². The van der Waals surface area contributed by atoms with E-state index in [4.69, 9.17) is 0 Å². The van der Waals surface area contributed by atoms with Crippen molar-refractivity contribution in [2.75, 3.05) is 6.26 Å². The van der Waals surface area contributed by atoms with Crippen molar-refractivity contribution in [2.24, 2.45) is 0 Å². The lowest BCUT2D eigenvalue weighted by atomic mass is 9.99. The van der Waals surface area contributed by atoms with Crippen LogP contribution in [0.5, 0.6) is 0 Å². The summed E-state index contributed by atoms with van der Waals surface area (Å²) in [5.74, 6) is 0.163. The summed E-state index contributed by atoms with van der Waals surface area (Å²) in [6.07, 6.45) is 7.46. The number of carbonyl (C=O) groups is 1. The number of nitrogens with zero attached hydrogens (tertiary/aromatic N) is 1. The van der Waals surface area contributed by atoms with Crippen molar-refractivity contribution in [1.29, 1.82) is 0 Å². The van der Waals surface area contributed by atoms with Crippen LogP contribution in [0.25, 0.3) is 0 Å². The van der Waals surface area contributed by atoms with Gasteiger partial charge in [-0.15, -0.1) is 11.8 Å². The molecule has 0 atom stereocenters. The van der Waals surface area contributed by atoms with Crippen LogP contribution in [0.2, 0.25) is 0 Å². The Labute approximate surface area is 132 Å². The summed E-state index contributed by atoms with van der Waals surface area (Å²) in [6, 6.07) is 8.10. The van der Waals surface area contributed by atoms with E-state index in [1.54, 1.807) is 11.8 Å². The molecule has 1 aromatic carbocycles. The number of allylic oxidation sites excluding steroid dienone is 2. The number of rotatable bonds is 3. The van der Waals surface area contributed by atoms with Gasteiger partial charge in [-0.25, -0.2) is 0 Å². The molecule has 2 aliphatic rings. The van der Waals surface area contributed by atoms with Crippen LogP contribution in [0.4, 0.5) is 0 Å². The number of benzene rings is 1. The Morgan fingerprint density at radius 2 is 2.15 bits per heavy atom. The first-order chi connectivity index (χ1) is 9.72. The van der Waals surface area contributed by atoms with E-state index < -0.39 is 0 Å². The Bertz CT molecular complexity index is 621. The third-order valence-electron chi connectivity index (χ3n) is 3.77. The van der Waals surface area contributed by atoms with Crippen molar-refractivity contribution in [3.8, 4) is 0 Å². The summed E-state index contributed by atoms with van der Waals surface area (Å²) < 4.78 is 1.06. The van der Waals surface area contributed by atoms with Crippen LogP contribution in [0.15, 0.2) is 51.0 Å². The second-order valence-corrected chi connectivity index (χ2v) is 6.65. The quantitative estimate of drug-likeness (QED) is 0.801. The average Bonchev–Trinajstić information content (AvgIpc) is 2.74. The van der Waals surface area contributed by atoms with Gasteiger partial charge in [-0.1, -0.05) is 40.2 Å². The number of fused-ring (bicyclic) bond motifs is 1. The molecule has 1 aliphatic carbocycles. The topological polar surface area (TPSA) is 20.3 Å². The first-order valence-corrected chi connectivity index (χ1v) is 8.77. The van der Waals surface area contributed by atoms with Gasteiger partial charge in [0, 0.05) is 10.2 Å². The standard InChI is InChI=1S/C16H16BrNOS/c1-20-15-12-7-3-5-9-14(12)18(16(15)19)10-11-6-2-4-8-13(11)17/h2,4,6,8-9H,3,5,7,10H2,1H3. The molecule has 104 valence electrons. The highest BCUT2D eigenvalue weighted by atomic mass is 79.9. The minimum atomic E-state index is 0.163. The van der Waals surface area contributed by atoms with Crippen molar-refractivity contribution < 1.29 is 4.79 Å². The third-order valence-corrected chi connectivity index (χ3v) is 5.38. The number of carbonyl (C=O) groups excluding carboxylic acids is 1. The first kappa shape index (κ1) is 14.0. The second-order valence-electron chi connectivity index (χ2n) is 4.98. The Hall–Kier alpha value is -1.00. The summed E-state index contributed by atoms with van der Waals surface area (Å²) in [5, 5.41) is 0. The Morgan fingerprint density at radius 1 is 1.35 bits per heavy atom. The fourth-order valence-corrected chi connectivity index (χ4v) is 3.95. The maximum atomic E-state index is 12.6. The lowest BCUT2D eigenvalue weighted by Crippen LogP contribution is -2.25. The number of amides is 1. The van der Waals surface area contributed by atoms with Gasteiger partial charge in [0.2, 0.25) is 0 Å². The van der Waals surface area contributed by atoms with E-state index in [1.165, 1.54) is 5.57 Å². The van der Waals surface area contributed by atoms with E-state index >= 15 is 0 Å². The molecule has 1 heterocycles. The molecule has 0 fully saturated rings. The number of thioether (sulfide) groups is 1. The summed E-state index contributed by atoms with van der Waals surface area (Å²) >= 11 is 5.15. The molecule has 0 radical (unpaired) electrons. The second kappa shape index (κ2) is 5.78. The molecule has 1 aromatic rings. The van der Waals surface area contributed by atoms with Gasteiger partial charge in [-0.2, -0.15) is 0 Å². The molecule has 0 saturated carbocycles. The fourth-order valence-electron chi connectivity index (χ4n) is 2.80. The number of hydrogen-bond donors (Lipinski definition) is 0. The first-order valence-electron chi connectivity index (χ1n) is 6.75. The van der Waals surface area contributed by atoms with Crippen LogP contribution in [0, 0.1) is 0 Å².